The van der Waals surface area contributed by atoms with Gasteiger partial charge < -0.3 is 5.32 Å². The Morgan fingerprint density at radius 2 is 2.10 bits per heavy atom. The van der Waals surface area contributed by atoms with Crippen molar-refractivity contribution in [3.05, 3.63) is 17.0 Å². The van der Waals surface area contributed by atoms with Crippen molar-refractivity contribution in [1.82, 2.24) is 9.62 Å². The van der Waals surface area contributed by atoms with Gasteiger partial charge in [-0.05, 0) is 43.7 Å². The van der Waals surface area contributed by atoms with Crippen molar-refractivity contribution in [1.29, 1.82) is 0 Å². The third kappa shape index (κ3) is 3.33. The van der Waals surface area contributed by atoms with E-state index in [1.165, 1.54) is 24.2 Å². The van der Waals surface area contributed by atoms with Crippen LogP contribution in [-0.2, 0) is 16.6 Å². The van der Waals surface area contributed by atoms with Gasteiger partial charge in [-0.2, -0.15) is 4.31 Å². The van der Waals surface area contributed by atoms with Gasteiger partial charge in [-0.3, -0.25) is 0 Å². The zero-order chi connectivity index (χ0) is 15.0. The van der Waals surface area contributed by atoms with Gasteiger partial charge in [-0.1, -0.05) is 13.8 Å². The van der Waals surface area contributed by atoms with E-state index in [9.17, 15) is 8.42 Å². The SMILES string of the molecule is CC(C)C1CCCN1S(=O)(=O)c1ccc(CNC2CC2)s1. The number of hydrogen-bond donors (Lipinski definition) is 1. The van der Waals surface area contributed by atoms with Crippen molar-refractivity contribution in [2.75, 3.05) is 6.54 Å². The van der Waals surface area contributed by atoms with Gasteiger partial charge in [-0.25, -0.2) is 8.42 Å². The molecule has 1 aliphatic carbocycles. The number of sulfonamides is 1. The van der Waals surface area contributed by atoms with Crippen LogP contribution < -0.4 is 5.32 Å². The molecule has 0 radical (unpaired) electrons. The monoisotopic (exact) mass is 328 g/mol. The van der Waals surface area contributed by atoms with Crippen LogP contribution in [0.15, 0.2) is 16.3 Å². The minimum atomic E-state index is -3.31. The molecule has 4 nitrogen and oxygen atoms in total. The van der Waals surface area contributed by atoms with Crippen molar-refractivity contribution >= 4 is 21.4 Å². The lowest BCUT2D eigenvalue weighted by Gasteiger charge is -2.26. The fraction of sp³-hybridized carbons (Fsp3) is 0.733. The first-order valence-corrected chi connectivity index (χ1v) is 10.1. The zero-order valence-corrected chi connectivity index (χ0v) is 14.3. The minimum absolute atomic E-state index is 0.158. The molecule has 1 aliphatic heterocycles. The van der Waals surface area contributed by atoms with E-state index < -0.39 is 10.0 Å². The van der Waals surface area contributed by atoms with E-state index in [2.05, 4.69) is 19.2 Å². The molecule has 0 bridgehead atoms. The molecule has 2 aliphatic rings. The Kier molecular flexibility index (Phi) is 4.41. The van der Waals surface area contributed by atoms with E-state index in [-0.39, 0.29) is 6.04 Å². The molecule has 0 amide bonds. The number of thiophene rings is 1. The van der Waals surface area contributed by atoms with E-state index >= 15 is 0 Å². The van der Waals surface area contributed by atoms with Crippen molar-refractivity contribution in [2.24, 2.45) is 5.92 Å². The van der Waals surface area contributed by atoms with Gasteiger partial charge in [0.05, 0.1) is 0 Å². The van der Waals surface area contributed by atoms with Gasteiger partial charge in [0.15, 0.2) is 0 Å². The highest BCUT2D eigenvalue weighted by Crippen LogP contribution is 2.33. The van der Waals surface area contributed by atoms with E-state index in [1.807, 2.05) is 6.07 Å². The standard InChI is InChI=1S/C15H24N2O2S2/c1-11(2)14-4-3-9-17(14)21(18,19)15-8-7-13(20-15)10-16-12-5-6-12/h7-8,11-12,14,16H,3-6,9-10H2,1-2H3. The summed E-state index contributed by atoms with van der Waals surface area (Å²) in [7, 11) is -3.31. The lowest BCUT2D eigenvalue weighted by molar-refractivity contribution is 0.316. The van der Waals surface area contributed by atoms with Gasteiger partial charge in [0.25, 0.3) is 10.0 Å². The first-order valence-electron chi connectivity index (χ1n) is 7.82. The van der Waals surface area contributed by atoms with Crippen LogP contribution in [0.4, 0.5) is 0 Å². The highest BCUT2D eigenvalue weighted by molar-refractivity contribution is 7.91. The Morgan fingerprint density at radius 3 is 2.76 bits per heavy atom. The van der Waals surface area contributed by atoms with Crippen LogP contribution in [-0.4, -0.2) is 31.4 Å². The summed E-state index contributed by atoms with van der Waals surface area (Å²) in [5, 5.41) is 3.44. The van der Waals surface area contributed by atoms with Crippen LogP contribution in [0.2, 0.25) is 0 Å². The normalized spacial score (nSPS) is 24.0. The Hall–Kier alpha value is -0.430. The maximum absolute atomic E-state index is 12.8. The topological polar surface area (TPSA) is 49.4 Å². The predicted molar refractivity (Wildman–Crippen MR) is 85.9 cm³/mol. The van der Waals surface area contributed by atoms with Crippen molar-refractivity contribution in [3.63, 3.8) is 0 Å². The third-order valence-electron chi connectivity index (χ3n) is 4.36. The van der Waals surface area contributed by atoms with Crippen LogP contribution in [0.25, 0.3) is 0 Å². The largest absolute Gasteiger partial charge is 0.309 e. The van der Waals surface area contributed by atoms with Crippen LogP contribution in [0, 0.1) is 5.92 Å². The fourth-order valence-corrected chi connectivity index (χ4v) is 6.23. The van der Waals surface area contributed by atoms with Gasteiger partial charge in [0, 0.05) is 30.1 Å². The fourth-order valence-electron chi connectivity index (χ4n) is 2.97. The summed E-state index contributed by atoms with van der Waals surface area (Å²) in [5.41, 5.74) is 0. The summed E-state index contributed by atoms with van der Waals surface area (Å²) in [5.74, 6) is 0.373. The Morgan fingerprint density at radius 1 is 1.33 bits per heavy atom. The molecule has 1 aromatic rings. The molecule has 1 saturated carbocycles. The predicted octanol–water partition coefficient (Wildman–Crippen LogP) is 2.81. The maximum Gasteiger partial charge on any atom is 0.252 e. The Labute approximate surface area is 131 Å². The minimum Gasteiger partial charge on any atom is -0.309 e. The molecule has 1 saturated heterocycles. The van der Waals surface area contributed by atoms with Gasteiger partial charge in [0.1, 0.15) is 4.21 Å². The lowest BCUT2D eigenvalue weighted by atomic mass is 10.0. The summed E-state index contributed by atoms with van der Waals surface area (Å²) >= 11 is 1.42. The average molecular weight is 329 g/mol. The second kappa shape index (κ2) is 5.99. The lowest BCUT2D eigenvalue weighted by Crippen LogP contribution is -2.38. The molecule has 1 N–H and O–H groups in total. The summed E-state index contributed by atoms with van der Waals surface area (Å²) < 4.78 is 27.9. The molecule has 6 heteroatoms. The Balaban J connectivity index is 1.74. The molecular weight excluding hydrogens is 304 g/mol. The second-order valence-corrected chi connectivity index (χ2v) is 9.73. The first-order chi connectivity index (χ1) is 9.98. The van der Waals surface area contributed by atoms with E-state index in [4.69, 9.17) is 0 Å². The smallest absolute Gasteiger partial charge is 0.252 e. The number of nitrogens with zero attached hydrogens (tertiary/aromatic N) is 1. The van der Waals surface area contributed by atoms with Crippen molar-refractivity contribution in [2.45, 2.75) is 62.4 Å². The number of hydrogen-bond acceptors (Lipinski definition) is 4. The highest BCUT2D eigenvalue weighted by atomic mass is 32.2. The molecule has 118 valence electrons. The molecule has 21 heavy (non-hydrogen) atoms. The van der Waals surface area contributed by atoms with E-state index in [1.54, 1.807) is 10.4 Å². The van der Waals surface area contributed by atoms with E-state index in [0.717, 1.165) is 24.3 Å². The maximum atomic E-state index is 12.8. The summed E-state index contributed by atoms with van der Waals surface area (Å²) in [4.78, 5) is 1.11. The molecule has 3 rings (SSSR count). The summed E-state index contributed by atoms with van der Waals surface area (Å²) in [6, 6.07) is 4.54. The van der Waals surface area contributed by atoms with Crippen LogP contribution in [0.3, 0.4) is 0 Å². The van der Waals surface area contributed by atoms with E-state index in [0.29, 0.717) is 22.7 Å². The average Bonchev–Trinajstić information content (AvgIpc) is 2.95. The quantitative estimate of drug-likeness (QED) is 0.873. The van der Waals surface area contributed by atoms with Crippen LogP contribution >= 0.6 is 11.3 Å². The summed E-state index contributed by atoms with van der Waals surface area (Å²) in [6.07, 6.45) is 4.46. The molecule has 0 aromatic carbocycles. The third-order valence-corrected chi connectivity index (χ3v) is 7.84. The first kappa shape index (κ1) is 15.5. The second-order valence-electron chi connectivity index (χ2n) is 6.45. The van der Waals surface area contributed by atoms with Crippen LogP contribution in [0.5, 0.6) is 0 Å². The molecule has 1 aromatic heterocycles. The molecule has 1 unspecified atom stereocenters. The van der Waals surface area contributed by atoms with Crippen LogP contribution in [0.1, 0.15) is 44.4 Å². The highest BCUT2D eigenvalue weighted by Gasteiger charge is 2.37. The number of nitrogens with one attached hydrogen (secondary N) is 1. The van der Waals surface area contributed by atoms with Gasteiger partial charge in [0.2, 0.25) is 0 Å². The molecule has 0 spiro atoms. The number of rotatable bonds is 6. The zero-order valence-electron chi connectivity index (χ0n) is 12.7. The van der Waals surface area contributed by atoms with Crippen molar-refractivity contribution in [3.8, 4) is 0 Å². The van der Waals surface area contributed by atoms with Crippen molar-refractivity contribution < 1.29 is 8.42 Å². The van der Waals surface area contributed by atoms with Gasteiger partial charge >= 0.3 is 0 Å². The molecule has 2 fully saturated rings. The summed E-state index contributed by atoms with van der Waals surface area (Å²) in [6.45, 7) is 5.67. The molecule has 1 atom stereocenters. The molecule has 2 heterocycles. The molecular formula is C15H24N2O2S2. The van der Waals surface area contributed by atoms with Gasteiger partial charge in [-0.15, -0.1) is 11.3 Å². The Bertz CT molecular complexity index is 591.